The highest BCUT2D eigenvalue weighted by atomic mass is 16.6. The van der Waals surface area contributed by atoms with Crippen LogP contribution in [0, 0.1) is 0 Å². The van der Waals surface area contributed by atoms with E-state index in [0.29, 0.717) is 26.1 Å². The summed E-state index contributed by atoms with van der Waals surface area (Å²) in [6, 6.07) is 0. The smallest absolute Gasteiger partial charge is 0.374 e. The van der Waals surface area contributed by atoms with Crippen LogP contribution in [0.25, 0.3) is 0 Å². The number of hydrogen-bond donors (Lipinski definition) is 1. The second kappa shape index (κ2) is 5.27. The molecule has 6 nitrogen and oxygen atoms in total. The maximum absolute atomic E-state index is 11.6. The number of nitrogens with one attached hydrogen (secondary N) is 1. The molecular weight excluding hydrogens is 212 g/mol. The van der Waals surface area contributed by atoms with Gasteiger partial charge in [-0.05, 0) is 12.8 Å². The molecule has 6 heteroatoms. The summed E-state index contributed by atoms with van der Waals surface area (Å²) in [6.07, 6.45) is 0.392. The monoisotopic (exact) mass is 228 g/mol. The zero-order valence-corrected chi connectivity index (χ0v) is 9.11. The number of nitrogens with zero attached hydrogens (tertiary/aromatic N) is 1. The van der Waals surface area contributed by atoms with Gasteiger partial charge in [-0.3, -0.25) is 0 Å². The van der Waals surface area contributed by atoms with Crippen molar-refractivity contribution >= 4 is 12.1 Å². The largest absolute Gasteiger partial charge is 0.417 e. The number of piperazine rings is 1. The molecule has 0 bridgehead atoms. The maximum Gasteiger partial charge on any atom is 0.417 e. The molecule has 0 radical (unpaired) electrons. The van der Waals surface area contributed by atoms with E-state index < -0.39 is 18.2 Å². The minimum atomic E-state index is -0.555. The Morgan fingerprint density at radius 1 is 1.31 bits per heavy atom. The Labute approximate surface area is 93.9 Å². The molecule has 0 spiro atoms. The molecule has 1 amide bonds. The Balaban J connectivity index is 1.79. The lowest BCUT2D eigenvalue weighted by Crippen LogP contribution is -2.47. The van der Waals surface area contributed by atoms with Crippen LogP contribution >= 0.6 is 0 Å². The molecular formula is C10H16N2O4. The van der Waals surface area contributed by atoms with Crippen molar-refractivity contribution in [2.75, 3.05) is 32.8 Å². The summed E-state index contributed by atoms with van der Waals surface area (Å²) >= 11 is 0. The molecule has 90 valence electrons. The number of amides is 1. The normalized spacial score (nSPS) is 25.5. The molecule has 16 heavy (non-hydrogen) atoms. The summed E-state index contributed by atoms with van der Waals surface area (Å²) in [7, 11) is 0. The van der Waals surface area contributed by atoms with Crippen molar-refractivity contribution in [3.05, 3.63) is 0 Å². The second-order valence-corrected chi connectivity index (χ2v) is 3.93. The summed E-state index contributed by atoms with van der Waals surface area (Å²) in [5.41, 5.74) is 0. The fourth-order valence-electron chi connectivity index (χ4n) is 1.83. The number of ether oxygens (including phenoxy) is 2. The molecule has 1 N–H and O–H groups in total. The molecule has 0 aliphatic carbocycles. The topological polar surface area (TPSA) is 67.9 Å². The quantitative estimate of drug-likeness (QED) is 0.494. The van der Waals surface area contributed by atoms with Gasteiger partial charge in [0.25, 0.3) is 0 Å². The van der Waals surface area contributed by atoms with E-state index in [1.165, 1.54) is 4.90 Å². The Morgan fingerprint density at radius 3 is 2.69 bits per heavy atom. The highest BCUT2D eigenvalue weighted by Gasteiger charge is 2.29. The van der Waals surface area contributed by atoms with Crippen LogP contribution < -0.4 is 5.32 Å². The minimum absolute atomic E-state index is 0.549. The number of esters is 1. The van der Waals surface area contributed by atoms with Gasteiger partial charge in [0.1, 0.15) is 0 Å². The van der Waals surface area contributed by atoms with Crippen LogP contribution in [-0.4, -0.2) is 55.9 Å². The first-order chi connectivity index (χ1) is 7.77. The lowest BCUT2D eigenvalue weighted by Gasteiger charge is -2.26. The van der Waals surface area contributed by atoms with Gasteiger partial charge in [-0.1, -0.05) is 0 Å². The van der Waals surface area contributed by atoms with Crippen LogP contribution in [0.15, 0.2) is 0 Å². The van der Waals surface area contributed by atoms with E-state index in [1.807, 2.05) is 0 Å². The Kier molecular flexibility index (Phi) is 3.74. The van der Waals surface area contributed by atoms with Gasteiger partial charge in [-0.2, -0.15) is 0 Å². The van der Waals surface area contributed by atoms with Crippen molar-refractivity contribution in [3.8, 4) is 0 Å². The molecule has 0 aromatic rings. The second-order valence-electron chi connectivity index (χ2n) is 3.93. The van der Waals surface area contributed by atoms with Crippen molar-refractivity contribution < 1.29 is 19.1 Å². The fourth-order valence-corrected chi connectivity index (χ4v) is 1.83. The van der Waals surface area contributed by atoms with Crippen LogP contribution in [-0.2, 0) is 14.3 Å². The van der Waals surface area contributed by atoms with Gasteiger partial charge < -0.3 is 19.7 Å². The summed E-state index contributed by atoms with van der Waals surface area (Å²) in [6.45, 7) is 3.21. The van der Waals surface area contributed by atoms with Gasteiger partial charge in [-0.15, -0.1) is 0 Å². The van der Waals surface area contributed by atoms with Gasteiger partial charge >= 0.3 is 12.1 Å². The standard InChI is InChI=1S/C10H16N2O4/c13-9(8-2-1-7-15-8)16-10(14)12-5-3-11-4-6-12/h8,11H,1-7H2. The maximum atomic E-state index is 11.6. The van der Waals surface area contributed by atoms with Crippen molar-refractivity contribution in [3.63, 3.8) is 0 Å². The van der Waals surface area contributed by atoms with E-state index in [-0.39, 0.29) is 0 Å². The van der Waals surface area contributed by atoms with Crippen molar-refractivity contribution in [1.82, 2.24) is 10.2 Å². The molecule has 0 aromatic carbocycles. The molecule has 2 rings (SSSR count). The first kappa shape index (κ1) is 11.3. The third-order valence-electron chi connectivity index (χ3n) is 2.76. The van der Waals surface area contributed by atoms with Gasteiger partial charge in [0, 0.05) is 32.8 Å². The Morgan fingerprint density at radius 2 is 2.06 bits per heavy atom. The average molecular weight is 228 g/mol. The highest BCUT2D eigenvalue weighted by Crippen LogP contribution is 2.13. The molecule has 0 saturated carbocycles. The third-order valence-corrected chi connectivity index (χ3v) is 2.76. The molecule has 2 fully saturated rings. The molecule has 0 aromatic heterocycles. The van der Waals surface area contributed by atoms with Crippen molar-refractivity contribution in [2.45, 2.75) is 18.9 Å². The van der Waals surface area contributed by atoms with Crippen LogP contribution in [0.1, 0.15) is 12.8 Å². The third kappa shape index (κ3) is 2.70. The van der Waals surface area contributed by atoms with E-state index in [1.54, 1.807) is 0 Å². The zero-order valence-electron chi connectivity index (χ0n) is 9.11. The van der Waals surface area contributed by atoms with Gasteiger partial charge in [0.05, 0.1) is 0 Å². The van der Waals surface area contributed by atoms with Crippen LogP contribution in [0.4, 0.5) is 4.79 Å². The predicted octanol–water partition coefficient (Wildman–Crippen LogP) is -0.266. The van der Waals surface area contributed by atoms with Crippen LogP contribution in [0.2, 0.25) is 0 Å². The summed E-state index contributed by atoms with van der Waals surface area (Å²) in [5.74, 6) is -0.555. The number of carbonyl (C=O) groups is 2. The Bertz CT molecular complexity index is 270. The van der Waals surface area contributed by atoms with Crippen molar-refractivity contribution in [2.24, 2.45) is 0 Å². The molecule has 2 aliphatic rings. The summed E-state index contributed by atoms with van der Waals surface area (Å²) in [4.78, 5) is 24.6. The summed E-state index contributed by atoms with van der Waals surface area (Å²) < 4.78 is 9.91. The first-order valence-electron chi connectivity index (χ1n) is 5.60. The molecule has 2 aliphatic heterocycles. The Hall–Kier alpha value is -1.14. The predicted molar refractivity (Wildman–Crippen MR) is 54.9 cm³/mol. The lowest BCUT2D eigenvalue weighted by molar-refractivity contribution is -0.148. The SMILES string of the molecule is O=C(OC(=O)N1CCNCC1)C1CCCO1. The lowest BCUT2D eigenvalue weighted by atomic mass is 10.2. The highest BCUT2D eigenvalue weighted by molar-refractivity contribution is 5.87. The molecule has 1 unspecified atom stereocenters. The van der Waals surface area contributed by atoms with Gasteiger partial charge in [0.2, 0.25) is 0 Å². The van der Waals surface area contributed by atoms with Crippen LogP contribution in [0.5, 0.6) is 0 Å². The van der Waals surface area contributed by atoms with E-state index in [0.717, 1.165) is 19.5 Å². The van der Waals surface area contributed by atoms with Gasteiger partial charge in [-0.25, -0.2) is 9.59 Å². The van der Waals surface area contributed by atoms with E-state index >= 15 is 0 Å². The summed E-state index contributed by atoms with van der Waals surface area (Å²) in [5, 5.41) is 3.12. The van der Waals surface area contributed by atoms with Gasteiger partial charge in [0.15, 0.2) is 6.10 Å². The number of hydrogen-bond acceptors (Lipinski definition) is 5. The number of carbonyl (C=O) groups excluding carboxylic acids is 2. The van der Waals surface area contributed by atoms with E-state index in [4.69, 9.17) is 9.47 Å². The van der Waals surface area contributed by atoms with Crippen LogP contribution in [0.3, 0.4) is 0 Å². The molecule has 2 heterocycles. The molecule has 1 atom stereocenters. The minimum Gasteiger partial charge on any atom is -0.374 e. The zero-order chi connectivity index (χ0) is 11.4. The number of rotatable bonds is 1. The van der Waals surface area contributed by atoms with E-state index in [9.17, 15) is 9.59 Å². The first-order valence-corrected chi connectivity index (χ1v) is 5.60. The molecule has 2 saturated heterocycles. The van der Waals surface area contributed by atoms with Crippen molar-refractivity contribution in [1.29, 1.82) is 0 Å². The fraction of sp³-hybridized carbons (Fsp3) is 0.800. The average Bonchev–Trinajstić information content (AvgIpc) is 2.83. The van der Waals surface area contributed by atoms with E-state index in [2.05, 4.69) is 5.32 Å².